The average Bonchev–Trinajstić information content (AvgIpc) is 2.82. The second-order valence-corrected chi connectivity index (χ2v) is 9.10. The third-order valence-corrected chi connectivity index (χ3v) is 6.67. The predicted octanol–water partition coefficient (Wildman–Crippen LogP) is 7.96. The van der Waals surface area contributed by atoms with E-state index in [4.69, 9.17) is 0 Å². The van der Waals surface area contributed by atoms with Gasteiger partial charge in [-0.15, -0.1) is 0 Å². The minimum atomic E-state index is 0.481. The minimum absolute atomic E-state index is 0.481. The highest BCUT2D eigenvalue weighted by Gasteiger charge is 2.21. The molecule has 2 aromatic carbocycles. The molecule has 1 aliphatic rings. The van der Waals surface area contributed by atoms with Crippen LogP contribution in [0.1, 0.15) is 105 Å². The van der Waals surface area contributed by atoms with Crippen LogP contribution in [0.4, 0.5) is 0 Å². The molecule has 0 radical (unpaired) electrons. The van der Waals surface area contributed by atoms with Crippen LogP contribution in [0.5, 0.6) is 0 Å². The number of rotatable bonds is 8. The summed E-state index contributed by atoms with van der Waals surface area (Å²) in [6.07, 6.45) is 13.4. The van der Waals surface area contributed by atoms with Crippen molar-refractivity contribution in [1.29, 1.82) is 5.26 Å². The summed E-state index contributed by atoms with van der Waals surface area (Å²) in [5.74, 6) is 8.01. The van der Waals surface area contributed by atoms with Crippen molar-refractivity contribution >= 4 is 0 Å². The van der Waals surface area contributed by atoms with Crippen LogP contribution in [0.25, 0.3) is 0 Å². The summed E-state index contributed by atoms with van der Waals surface area (Å²) in [4.78, 5) is 0. The monoisotopic (exact) mass is 411 g/mol. The lowest BCUT2D eigenvalue weighted by Gasteiger charge is -2.26. The SMILES string of the molecule is CCCCCCc1ccc([C@H]2CC[C@H](C#Cc3ccc(CCC)c(C#N)c3)CC2)cc1. The van der Waals surface area contributed by atoms with E-state index in [2.05, 4.69) is 68.2 Å². The first-order valence-corrected chi connectivity index (χ1v) is 12.4. The fourth-order valence-corrected chi connectivity index (χ4v) is 4.71. The fraction of sp³-hybridized carbons (Fsp3) is 0.500. The van der Waals surface area contributed by atoms with Gasteiger partial charge >= 0.3 is 0 Å². The topological polar surface area (TPSA) is 23.8 Å². The summed E-state index contributed by atoms with van der Waals surface area (Å²) in [5.41, 5.74) is 5.90. The van der Waals surface area contributed by atoms with E-state index in [1.54, 1.807) is 0 Å². The van der Waals surface area contributed by atoms with E-state index in [1.165, 1.54) is 68.9 Å². The van der Waals surface area contributed by atoms with Gasteiger partial charge in [-0.2, -0.15) is 5.26 Å². The Morgan fingerprint density at radius 1 is 0.839 bits per heavy atom. The Morgan fingerprint density at radius 3 is 2.29 bits per heavy atom. The van der Waals surface area contributed by atoms with Crippen LogP contribution in [-0.2, 0) is 12.8 Å². The van der Waals surface area contributed by atoms with Gasteiger partial charge < -0.3 is 0 Å². The van der Waals surface area contributed by atoms with Gasteiger partial charge in [0.2, 0.25) is 0 Å². The number of nitrogens with zero attached hydrogens (tertiary/aromatic N) is 1. The van der Waals surface area contributed by atoms with E-state index in [-0.39, 0.29) is 0 Å². The molecular formula is C30H37N. The maximum atomic E-state index is 9.41. The zero-order valence-electron chi connectivity index (χ0n) is 19.4. The third kappa shape index (κ3) is 7.01. The molecule has 0 unspecified atom stereocenters. The molecule has 31 heavy (non-hydrogen) atoms. The third-order valence-electron chi connectivity index (χ3n) is 6.67. The highest BCUT2D eigenvalue weighted by molar-refractivity contribution is 5.46. The highest BCUT2D eigenvalue weighted by Crippen LogP contribution is 2.35. The first-order chi connectivity index (χ1) is 15.2. The van der Waals surface area contributed by atoms with E-state index in [1.807, 2.05) is 6.07 Å². The lowest BCUT2D eigenvalue weighted by molar-refractivity contribution is 0.384. The van der Waals surface area contributed by atoms with Crippen LogP contribution < -0.4 is 0 Å². The van der Waals surface area contributed by atoms with Gasteiger partial charge in [0, 0.05) is 11.5 Å². The van der Waals surface area contributed by atoms with Crippen molar-refractivity contribution in [2.75, 3.05) is 0 Å². The maximum Gasteiger partial charge on any atom is 0.0994 e. The Labute approximate surface area is 189 Å². The Balaban J connectivity index is 1.51. The van der Waals surface area contributed by atoms with Crippen molar-refractivity contribution in [3.63, 3.8) is 0 Å². The molecule has 0 amide bonds. The molecule has 1 fully saturated rings. The molecule has 0 saturated heterocycles. The molecule has 0 bridgehead atoms. The average molecular weight is 412 g/mol. The fourth-order valence-electron chi connectivity index (χ4n) is 4.71. The van der Waals surface area contributed by atoms with Crippen LogP contribution in [-0.4, -0.2) is 0 Å². The van der Waals surface area contributed by atoms with Gasteiger partial charge in [-0.25, -0.2) is 0 Å². The summed E-state index contributed by atoms with van der Waals surface area (Å²) >= 11 is 0. The first-order valence-electron chi connectivity index (χ1n) is 12.4. The number of nitriles is 1. The molecule has 2 aromatic rings. The van der Waals surface area contributed by atoms with Crippen LogP contribution in [0.2, 0.25) is 0 Å². The standard InChI is InChI=1S/C30H37N/c1-3-5-6-7-9-24-12-17-28(18-13-24)29-19-14-25(15-20-29)10-11-26-16-21-27(8-4-2)30(22-26)23-31/h12-13,16-18,21-22,25,29H,3-9,14-15,19-20H2,1-2H3/t25-,29-. The Kier molecular flexibility index (Phi) is 9.24. The Morgan fingerprint density at radius 2 is 1.61 bits per heavy atom. The number of benzene rings is 2. The molecule has 0 aromatic heterocycles. The van der Waals surface area contributed by atoms with Crippen LogP contribution in [0.15, 0.2) is 42.5 Å². The van der Waals surface area contributed by atoms with Gasteiger partial charge in [0.05, 0.1) is 11.6 Å². The predicted molar refractivity (Wildman–Crippen MR) is 131 cm³/mol. The van der Waals surface area contributed by atoms with Gasteiger partial charge in [0.1, 0.15) is 0 Å². The van der Waals surface area contributed by atoms with E-state index >= 15 is 0 Å². The van der Waals surface area contributed by atoms with Crippen molar-refractivity contribution in [1.82, 2.24) is 0 Å². The van der Waals surface area contributed by atoms with Gasteiger partial charge in [-0.1, -0.05) is 81.7 Å². The summed E-state index contributed by atoms with van der Waals surface area (Å²) in [5, 5.41) is 9.41. The summed E-state index contributed by atoms with van der Waals surface area (Å²) < 4.78 is 0. The van der Waals surface area contributed by atoms with E-state index in [0.717, 1.165) is 29.5 Å². The number of hydrogen-bond acceptors (Lipinski definition) is 1. The Bertz CT molecular complexity index is 912. The largest absolute Gasteiger partial charge is 0.192 e. The van der Waals surface area contributed by atoms with Gasteiger partial charge in [-0.05, 0) is 79.7 Å². The molecule has 0 heterocycles. The molecule has 0 N–H and O–H groups in total. The lowest BCUT2D eigenvalue weighted by Crippen LogP contribution is -2.12. The summed E-state index contributed by atoms with van der Waals surface area (Å²) in [6, 6.07) is 17.9. The second kappa shape index (κ2) is 12.4. The lowest BCUT2D eigenvalue weighted by atomic mass is 9.78. The van der Waals surface area contributed by atoms with Crippen molar-refractivity contribution in [2.24, 2.45) is 5.92 Å². The zero-order valence-corrected chi connectivity index (χ0v) is 19.4. The summed E-state index contributed by atoms with van der Waals surface area (Å²) in [6.45, 7) is 4.42. The van der Waals surface area contributed by atoms with Gasteiger partial charge in [0.25, 0.3) is 0 Å². The number of hydrogen-bond donors (Lipinski definition) is 0. The maximum absolute atomic E-state index is 9.41. The van der Waals surface area contributed by atoms with Crippen molar-refractivity contribution in [3.8, 4) is 17.9 Å². The molecule has 162 valence electrons. The van der Waals surface area contributed by atoms with E-state index in [0.29, 0.717) is 11.8 Å². The molecule has 0 aliphatic heterocycles. The molecular weight excluding hydrogens is 374 g/mol. The van der Waals surface area contributed by atoms with Crippen molar-refractivity contribution in [3.05, 3.63) is 70.3 Å². The van der Waals surface area contributed by atoms with E-state index < -0.39 is 0 Å². The molecule has 1 aliphatic carbocycles. The number of aryl methyl sites for hydroxylation is 2. The number of unbranched alkanes of at least 4 members (excludes halogenated alkanes) is 3. The first kappa shape index (κ1) is 23.2. The smallest absolute Gasteiger partial charge is 0.0994 e. The van der Waals surface area contributed by atoms with Gasteiger partial charge in [0.15, 0.2) is 0 Å². The zero-order chi connectivity index (χ0) is 21.9. The molecule has 1 heteroatoms. The van der Waals surface area contributed by atoms with Crippen LogP contribution >= 0.6 is 0 Å². The van der Waals surface area contributed by atoms with Gasteiger partial charge in [-0.3, -0.25) is 0 Å². The normalized spacial score (nSPS) is 18.1. The van der Waals surface area contributed by atoms with Crippen LogP contribution in [0.3, 0.4) is 0 Å². The van der Waals surface area contributed by atoms with Crippen molar-refractivity contribution < 1.29 is 0 Å². The molecule has 0 atom stereocenters. The Hall–Kier alpha value is -2.51. The highest BCUT2D eigenvalue weighted by atomic mass is 14.3. The van der Waals surface area contributed by atoms with Crippen molar-refractivity contribution in [2.45, 2.75) is 90.4 Å². The van der Waals surface area contributed by atoms with E-state index in [9.17, 15) is 5.26 Å². The molecule has 1 saturated carbocycles. The minimum Gasteiger partial charge on any atom is -0.192 e. The van der Waals surface area contributed by atoms with Crippen LogP contribution in [0, 0.1) is 29.1 Å². The quantitative estimate of drug-likeness (QED) is 0.319. The molecule has 0 spiro atoms. The second-order valence-electron chi connectivity index (χ2n) is 9.10. The molecule has 3 rings (SSSR count). The molecule has 1 nitrogen and oxygen atoms in total. The summed E-state index contributed by atoms with van der Waals surface area (Å²) in [7, 11) is 0.